The Bertz CT molecular complexity index is 813. The molecule has 122 valence electrons. The minimum atomic E-state index is -3.51. The number of halogens is 1. The molecular formula is C14H16BrN5O2S. The van der Waals surface area contributed by atoms with Gasteiger partial charge in [-0.05, 0) is 47.0 Å². The minimum Gasteiger partial charge on any atom is -0.369 e. The van der Waals surface area contributed by atoms with Crippen molar-refractivity contribution in [3.8, 4) is 0 Å². The molecule has 4 bridgehead atoms. The molecule has 0 unspecified atom stereocenters. The van der Waals surface area contributed by atoms with Gasteiger partial charge < -0.3 is 10.6 Å². The Balaban J connectivity index is 1.99. The fourth-order valence-electron chi connectivity index (χ4n) is 2.17. The van der Waals surface area contributed by atoms with E-state index in [0.29, 0.717) is 30.5 Å². The Morgan fingerprint density at radius 1 is 1.17 bits per heavy atom. The maximum Gasteiger partial charge on any atom is 0.240 e. The minimum absolute atomic E-state index is 0.218. The number of anilines is 3. The predicted octanol–water partition coefficient (Wildman–Crippen LogP) is 2.47. The van der Waals surface area contributed by atoms with Gasteiger partial charge in [0.05, 0.1) is 9.37 Å². The van der Waals surface area contributed by atoms with Crippen LogP contribution in [0.5, 0.6) is 0 Å². The average Bonchev–Trinajstić information content (AvgIpc) is 2.53. The monoisotopic (exact) mass is 397 g/mol. The van der Waals surface area contributed by atoms with Crippen LogP contribution >= 0.6 is 15.9 Å². The van der Waals surface area contributed by atoms with Crippen LogP contribution in [0.15, 0.2) is 39.8 Å². The molecule has 0 radical (unpaired) electrons. The van der Waals surface area contributed by atoms with Crippen molar-refractivity contribution < 1.29 is 8.42 Å². The molecule has 1 aliphatic rings. The summed E-state index contributed by atoms with van der Waals surface area (Å²) in [6, 6.07) is 6.57. The third-order valence-electron chi connectivity index (χ3n) is 3.33. The molecule has 2 aromatic rings. The molecule has 0 spiro atoms. The first kappa shape index (κ1) is 16.2. The topological polar surface area (TPSA) is 96.0 Å². The lowest BCUT2D eigenvalue weighted by Gasteiger charge is -2.13. The highest BCUT2D eigenvalue weighted by Gasteiger charge is 2.14. The van der Waals surface area contributed by atoms with Crippen LogP contribution in [0.25, 0.3) is 0 Å². The van der Waals surface area contributed by atoms with Crippen LogP contribution in [-0.4, -0.2) is 31.5 Å². The first-order chi connectivity index (χ1) is 11.0. The zero-order chi connectivity index (χ0) is 16.3. The zero-order valence-corrected chi connectivity index (χ0v) is 14.6. The summed E-state index contributed by atoms with van der Waals surface area (Å²) in [4.78, 5) is 8.82. The van der Waals surface area contributed by atoms with Gasteiger partial charge in [-0.1, -0.05) is 6.07 Å². The molecule has 1 aromatic carbocycles. The Labute approximate surface area is 143 Å². The van der Waals surface area contributed by atoms with E-state index in [1.807, 2.05) is 0 Å². The van der Waals surface area contributed by atoms with Crippen LogP contribution in [0, 0.1) is 0 Å². The number of hydrogen-bond acceptors (Lipinski definition) is 6. The lowest BCUT2D eigenvalue weighted by Crippen LogP contribution is -2.25. The molecule has 3 N–H and O–H groups in total. The van der Waals surface area contributed by atoms with Crippen molar-refractivity contribution >= 4 is 43.4 Å². The van der Waals surface area contributed by atoms with E-state index in [4.69, 9.17) is 0 Å². The second-order valence-electron chi connectivity index (χ2n) is 5.07. The summed E-state index contributed by atoms with van der Waals surface area (Å²) in [6.07, 6.45) is 3.22. The van der Waals surface area contributed by atoms with E-state index < -0.39 is 10.0 Å². The van der Waals surface area contributed by atoms with Crippen LogP contribution in [0.1, 0.15) is 12.8 Å². The molecule has 0 atom stereocenters. The largest absolute Gasteiger partial charge is 0.369 e. The maximum absolute atomic E-state index is 12.3. The number of fused-ring (bicyclic) bond motifs is 4. The number of hydrogen-bond donors (Lipinski definition) is 3. The maximum atomic E-state index is 12.3. The van der Waals surface area contributed by atoms with Gasteiger partial charge in [-0.3, -0.25) is 0 Å². The molecule has 1 aliphatic heterocycles. The van der Waals surface area contributed by atoms with Crippen molar-refractivity contribution in [3.63, 3.8) is 0 Å². The Hall–Kier alpha value is -1.71. The second kappa shape index (κ2) is 6.81. The lowest BCUT2D eigenvalue weighted by molar-refractivity contribution is 0.577. The fourth-order valence-corrected chi connectivity index (χ4v) is 3.62. The van der Waals surface area contributed by atoms with Gasteiger partial charge >= 0.3 is 0 Å². The number of nitrogens with one attached hydrogen (secondary N) is 3. The first-order valence-electron chi connectivity index (χ1n) is 7.18. The molecule has 3 rings (SSSR count). The van der Waals surface area contributed by atoms with E-state index in [0.717, 1.165) is 17.3 Å². The predicted molar refractivity (Wildman–Crippen MR) is 92.4 cm³/mol. The summed E-state index contributed by atoms with van der Waals surface area (Å²) in [7, 11) is -3.51. The average molecular weight is 398 g/mol. The molecule has 23 heavy (non-hydrogen) atoms. The summed E-state index contributed by atoms with van der Waals surface area (Å²) in [6.45, 7) is 1.10. The fraction of sp³-hybridized carbons (Fsp3) is 0.286. The van der Waals surface area contributed by atoms with Crippen molar-refractivity contribution in [1.82, 2.24) is 14.7 Å². The number of aromatic nitrogens is 2. The summed E-state index contributed by atoms with van der Waals surface area (Å²) < 4.78 is 27.9. The highest BCUT2D eigenvalue weighted by Crippen LogP contribution is 2.23. The van der Waals surface area contributed by atoms with E-state index in [1.165, 1.54) is 0 Å². The van der Waals surface area contributed by atoms with Gasteiger partial charge in [-0.15, -0.1) is 0 Å². The third-order valence-corrected chi connectivity index (χ3v) is 5.37. The van der Waals surface area contributed by atoms with Gasteiger partial charge in [-0.2, -0.15) is 4.98 Å². The molecule has 7 nitrogen and oxygen atoms in total. The zero-order valence-electron chi connectivity index (χ0n) is 12.2. The van der Waals surface area contributed by atoms with Crippen LogP contribution in [0.4, 0.5) is 17.5 Å². The number of benzene rings is 1. The van der Waals surface area contributed by atoms with Gasteiger partial charge in [0.15, 0.2) is 0 Å². The Morgan fingerprint density at radius 3 is 2.87 bits per heavy atom. The van der Waals surface area contributed by atoms with Gasteiger partial charge in [0, 0.05) is 25.0 Å². The molecule has 9 heteroatoms. The van der Waals surface area contributed by atoms with Crippen LogP contribution < -0.4 is 15.4 Å². The van der Waals surface area contributed by atoms with E-state index in [1.54, 1.807) is 30.5 Å². The number of rotatable bonds is 0. The van der Waals surface area contributed by atoms with Crippen molar-refractivity contribution in [3.05, 3.63) is 34.9 Å². The smallest absolute Gasteiger partial charge is 0.240 e. The first-order valence-corrected chi connectivity index (χ1v) is 9.45. The number of nitrogens with zero attached hydrogens (tertiary/aromatic N) is 2. The molecule has 1 aromatic heterocycles. The van der Waals surface area contributed by atoms with Gasteiger partial charge in [-0.25, -0.2) is 18.1 Å². The number of sulfonamides is 1. The van der Waals surface area contributed by atoms with Gasteiger partial charge in [0.1, 0.15) is 5.82 Å². The molecule has 0 saturated carbocycles. The van der Waals surface area contributed by atoms with Crippen molar-refractivity contribution in [2.45, 2.75) is 17.7 Å². The summed E-state index contributed by atoms with van der Waals surface area (Å²) in [5.74, 6) is 1.10. The molecule has 2 heterocycles. The summed E-state index contributed by atoms with van der Waals surface area (Å²) >= 11 is 3.42. The highest BCUT2D eigenvalue weighted by atomic mass is 79.9. The van der Waals surface area contributed by atoms with Crippen LogP contribution in [0.3, 0.4) is 0 Å². The lowest BCUT2D eigenvalue weighted by atomic mass is 10.3. The summed E-state index contributed by atoms with van der Waals surface area (Å²) in [5.41, 5.74) is 0.609. The third kappa shape index (κ3) is 3.98. The van der Waals surface area contributed by atoms with Crippen molar-refractivity contribution in [1.29, 1.82) is 0 Å². The quantitative estimate of drug-likeness (QED) is 0.631. The van der Waals surface area contributed by atoms with Crippen LogP contribution in [-0.2, 0) is 10.0 Å². The molecule has 0 saturated heterocycles. The molecule has 0 amide bonds. The standard InChI is InChI=1S/C14H16BrN5O2S/c15-12-9-17-14-19-10-4-3-5-11(8-10)23(21,22)18-7-2-1-6-16-13(12)20-14/h3-5,8-9,18H,1-2,6-7H2,(H2,16,17,19,20). The molecule has 0 aliphatic carbocycles. The Kier molecular flexibility index (Phi) is 4.79. The highest BCUT2D eigenvalue weighted by molar-refractivity contribution is 9.10. The van der Waals surface area contributed by atoms with E-state index in [2.05, 4.69) is 41.3 Å². The van der Waals surface area contributed by atoms with E-state index in [9.17, 15) is 8.42 Å². The normalized spacial score (nSPS) is 17.4. The van der Waals surface area contributed by atoms with E-state index >= 15 is 0 Å². The van der Waals surface area contributed by atoms with Crippen LogP contribution in [0.2, 0.25) is 0 Å². The Morgan fingerprint density at radius 2 is 2.00 bits per heavy atom. The molecular weight excluding hydrogens is 382 g/mol. The van der Waals surface area contributed by atoms with Crippen molar-refractivity contribution in [2.75, 3.05) is 23.7 Å². The van der Waals surface area contributed by atoms with Gasteiger partial charge in [0.25, 0.3) is 0 Å². The van der Waals surface area contributed by atoms with E-state index in [-0.39, 0.29) is 4.90 Å². The van der Waals surface area contributed by atoms with Crippen molar-refractivity contribution in [2.24, 2.45) is 0 Å². The SMILES string of the molecule is O=S1(=O)NCCCCNc2nc(ncc2Br)Nc2cccc1c2. The molecule has 0 fully saturated rings. The second-order valence-corrected chi connectivity index (χ2v) is 7.70. The summed E-state index contributed by atoms with van der Waals surface area (Å²) in [5, 5.41) is 6.25. The van der Waals surface area contributed by atoms with Gasteiger partial charge in [0.2, 0.25) is 16.0 Å².